The van der Waals surface area contributed by atoms with Crippen LogP contribution in [0.15, 0.2) is 150 Å². The van der Waals surface area contributed by atoms with Crippen molar-refractivity contribution in [3.8, 4) is 11.1 Å². The van der Waals surface area contributed by atoms with Crippen molar-refractivity contribution in [1.29, 1.82) is 0 Å². The van der Waals surface area contributed by atoms with Gasteiger partial charge in [-0.1, -0.05) is 97.1 Å². The zero-order valence-corrected chi connectivity index (χ0v) is 23.9. The maximum absolute atomic E-state index is 6.41. The van der Waals surface area contributed by atoms with Crippen LogP contribution in [0.2, 0.25) is 0 Å². The SMILES string of the molecule is c1ccc(-c2ccc(N(c3cc4c(cn3)oc3c5ccccc5ccc43)c3cccc4sc5ccccc5c34)cc2)cc1. The molecule has 0 aliphatic carbocycles. The monoisotopic (exact) mass is 568 g/mol. The number of benzene rings is 6. The molecule has 6 aromatic carbocycles. The van der Waals surface area contributed by atoms with Crippen molar-refractivity contribution in [3.63, 3.8) is 0 Å². The van der Waals surface area contributed by atoms with Gasteiger partial charge in [0.05, 0.1) is 11.9 Å². The Morgan fingerprint density at radius 2 is 1.30 bits per heavy atom. The maximum atomic E-state index is 6.41. The van der Waals surface area contributed by atoms with E-state index < -0.39 is 0 Å². The average molecular weight is 569 g/mol. The van der Waals surface area contributed by atoms with E-state index in [0.717, 1.165) is 44.5 Å². The molecule has 0 spiro atoms. The fourth-order valence-electron chi connectivity index (χ4n) is 6.29. The van der Waals surface area contributed by atoms with Gasteiger partial charge < -0.3 is 4.42 Å². The predicted octanol–water partition coefficient (Wildman–Crippen LogP) is 11.6. The van der Waals surface area contributed by atoms with Gasteiger partial charge in [-0.25, -0.2) is 4.98 Å². The van der Waals surface area contributed by atoms with Crippen molar-refractivity contribution in [2.45, 2.75) is 0 Å². The molecule has 0 radical (unpaired) electrons. The quantitative estimate of drug-likeness (QED) is 0.211. The van der Waals surface area contributed by atoms with E-state index in [9.17, 15) is 0 Å². The lowest BCUT2D eigenvalue weighted by atomic mass is 10.0. The number of hydrogen-bond acceptors (Lipinski definition) is 4. The molecule has 0 aliphatic heterocycles. The zero-order chi connectivity index (χ0) is 28.3. The van der Waals surface area contributed by atoms with Gasteiger partial charge in [0.15, 0.2) is 5.58 Å². The Bertz CT molecular complexity index is 2460. The summed E-state index contributed by atoms with van der Waals surface area (Å²) < 4.78 is 8.95. The van der Waals surface area contributed by atoms with Crippen molar-refractivity contribution < 1.29 is 4.42 Å². The smallest absolute Gasteiger partial charge is 0.153 e. The lowest BCUT2D eigenvalue weighted by molar-refractivity contribution is 0.670. The van der Waals surface area contributed by atoms with Gasteiger partial charge in [-0.2, -0.15) is 0 Å². The molecule has 43 heavy (non-hydrogen) atoms. The molecule has 0 fully saturated rings. The molecule has 3 nitrogen and oxygen atoms in total. The lowest BCUT2D eigenvalue weighted by Crippen LogP contribution is -2.11. The normalized spacial score (nSPS) is 11.7. The van der Waals surface area contributed by atoms with Crippen LogP contribution in [-0.4, -0.2) is 4.98 Å². The van der Waals surface area contributed by atoms with Gasteiger partial charge in [-0.3, -0.25) is 4.90 Å². The first kappa shape index (κ1) is 24.2. The summed E-state index contributed by atoms with van der Waals surface area (Å²) in [6, 6.07) is 49.4. The van der Waals surface area contributed by atoms with Crippen LogP contribution in [0.5, 0.6) is 0 Å². The summed E-state index contributed by atoms with van der Waals surface area (Å²) in [4.78, 5) is 7.31. The van der Waals surface area contributed by atoms with Gasteiger partial charge in [0.25, 0.3) is 0 Å². The number of furan rings is 1. The van der Waals surface area contributed by atoms with E-state index in [1.165, 1.54) is 36.7 Å². The highest BCUT2D eigenvalue weighted by Crippen LogP contribution is 2.45. The molecule has 0 unspecified atom stereocenters. The van der Waals surface area contributed by atoms with Crippen LogP contribution < -0.4 is 4.90 Å². The number of fused-ring (bicyclic) bond motifs is 8. The highest BCUT2D eigenvalue weighted by atomic mass is 32.1. The predicted molar refractivity (Wildman–Crippen MR) is 182 cm³/mol. The third-order valence-electron chi connectivity index (χ3n) is 8.32. The van der Waals surface area contributed by atoms with Crippen molar-refractivity contribution in [2.24, 2.45) is 0 Å². The number of nitrogens with zero attached hydrogens (tertiary/aromatic N) is 2. The molecular formula is C39H24N2OS. The first-order chi connectivity index (χ1) is 21.3. The van der Waals surface area contributed by atoms with Crippen molar-refractivity contribution in [1.82, 2.24) is 4.98 Å². The Morgan fingerprint density at radius 3 is 2.19 bits per heavy atom. The third-order valence-corrected chi connectivity index (χ3v) is 9.45. The van der Waals surface area contributed by atoms with Crippen LogP contribution in [0.3, 0.4) is 0 Å². The Balaban J connectivity index is 1.29. The van der Waals surface area contributed by atoms with Crippen LogP contribution in [0.25, 0.3) is 64.0 Å². The highest BCUT2D eigenvalue weighted by molar-refractivity contribution is 7.26. The van der Waals surface area contributed by atoms with E-state index in [1.807, 2.05) is 17.5 Å². The van der Waals surface area contributed by atoms with Crippen LogP contribution in [0, 0.1) is 0 Å². The summed E-state index contributed by atoms with van der Waals surface area (Å²) in [5.41, 5.74) is 6.22. The number of pyridine rings is 1. The number of anilines is 3. The highest BCUT2D eigenvalue weighted by Gasteiger charge is 2.21. The molecule has 0 bridgehead atoms. The van der Waals surface area contributed by atoms with E-state index in [2.05, 4.69) is 144 Å². The van der Waals surface area contributed by atoms with Gasteiger partial charge in [0.1, 0.15) is 11.4 Å². The van der Waals surface area contributed by atoms with Crippen LogP contribution in [-0.2, 0) is 0 Å². The topological polar surface area (TPSA) is 29.3 Å². The van der Waals surface area contributed by atoms with Gasteiger partial charge in [-0.05, 0) is 59.0 Å². The molecule has 0 amide bonds. The van der Waals surface area contributed by atoms with Gasteiger partial charge in [0.2, 0.25) is 0 Å². The van der Waals surface area contributed by atoms with E-state index in [4.69, 9.17) is 9.40 Å². The lowest BCUT2D eigenvalue weighted by Gasteiger charge is -2.25. The maximum Gasteiger partial charge on any atom is 0.153 e. The molecule has 0 N–H and O–H groups in total. The fraction of sp³-hybridized carbons (Fsp3) is 0. The molecule has 9 aromatic rings. The molecule has 9 rings (SSSR count). The third kappa shape index (κ3) is 3.84. The van der Waals surface area contributed by atoms with E-state index in [-0.39, 0.29) is 0 Å². The van der Waals surface area contributed by atoms with Crippen molar-refractivity contribution in [3.05, 3.63) is 146 Å². The Hall–Kier alpha value is -5.45. The average Bonchev–Trinajstić information content (AvgIpc) is 3.64. The summed E-state index contributed by atoms with van der Waals surface area (Å²) >= 11 is 1.83. The minimum Gasteiger partial charge on any atom is -0.454 e. The summed E-state index contributed by atoms with van der Waals surface area (Å²) in [5.74, 6) is 0.846. The van der Waals surface area contributed by atoms with E-state index in [0.29, 0.717) is 0 Å². The van der Waals surface area contributed by atoms with E-state index >= 15 is 0 Å². The second-order valence-electron chi connectivity index (χ2n) is 10.8. The van der Waals surface area contributed by atoms with Crippen molar-refractivity contribution in [2.75, 3.05) is 4.90 Å². The summed E-state index contributed by atoms with van der Waals surface area (Å²) in [7, 11) is 0. The molecule has 0 saturated heterocycles. The molecular weight excluding hydrogens is 545 g/mol. The second-order valence-corrected chi connectivity index (χ2v) is 11.9. The molecule has 0 saturated carbocycles. The van der Waals surface area contributed by atoms with Gasteiger partial charge in [-0.15, -0.1) is 11.3 Å². The summed E-state index contributed by atoms with van der Waals surface area (Å²) in [5, 5.41) is 6.92. The Labute approximate surface area is 251 Å². The van der Waals surface area contributed by atoms with Crippen LogP contribution in [0.1, 0.15) is 0 Å². The number of thiophene rings is 1. The van der Waals surface area contributed by atoms with Gasteiger partial charge in [0, 0.05) is 42.0 Å². The number of hydrogen-bond donors (Lipinski definition) is 0. The molecule has 4 heteroatoms. The molecule has 3 aromatic heterocycles. The molecule has 202 valence electrons. The minimum absolute atomic E-state index is 0.786. The summed E-state index contributed by atoms with van der Waals surface area (Å²) in [6.45, 7) is 0. The minimum atomic E-state index is 0.786. The second kappa shape index (κ2) is 9.55. The van der Waals surface area contributed by atoms with Crippen molar-refractivity contribution >= 4 is 81.4 Å². The molecule has 3 heterocycles. The fourth-order valence-corrected chi connectivity index (χ4v) is 7.42. The number of rotatable bonds is 4. The van der Waals surface area contributed by atoms with Crippen LogP contribution >= 0.6 is 11.3 Å². The molecule has 0 aliphatic rings. The standard InChI is InChI=1S/C39H24N2OS/c1-2-9-25(10-3-1)26-17-20-28(21-18-26)41(33-14-8-16-36-38(33)31-13-6-7-15-35(31)43-36)37-23-32-30-22-19-27-11-4-5-12-29(27)39(30)42-34(32)24-40-37/h1-24H. The summed E-state index contributed by atoms with van der Waals surface area (Å²) in [6.07, 6.45) is 1.87. The Morgan fingerprint density at radius 1 is 0.558 bits per heavy atom. The first-order valence-electron chi connectivity index (χ1n) is 14.4. The van der Waals surface area contributed by atoms with E-state index in [1.54, 1.807) is 0 Å². The zero-order valence-electron chi connectivity index (χ0n) is 23.1. The molecule has 0 atom stereocenters. The largest absolute Gasteiger partial charge is 0.454 e. The van der Waals surface area contributed by atoms with Gasteiger partial charge >= 0.3 is 0 Å². The Kier molecular flexibility index (Phi) is 5.37. The first-order valence-corrected chi connectivity index (χ1v) is 15.2. The van der Waals surface area contributed by atoms with Crippen LogP contribution in [0.4, 0.5) is 17.2 Å². The number of aromatic nitrogens is 1.